The highest BCUT2D eigenvalue weighted by molar-refractivity contribution is 9.10. The summed E-state index contributed by atoms with van der Waals surface area (Å²) in [5.74, 6) is 1.52. The molecular formula is C15H21BrClNO. The van der Waals surface area contributed by atoms with Crippen molar-refractivity contribution in [3.05, 3.63) is 27.2 Å². The summed E-state index contributed by atoms with van der Waals surface area (Å²) in [4.78, 5) is 0. The topological polar surface area (TPSA) is 21.3 Å². The first-order valence-corrected chi connectivity index (χ1v) is 7.84. The summed E-state index contributed by atoms with van der Waals surface area (Å²) in [5.41, 5.74) is 1.55. The van der Waals surface area contributed by atoms with Gasteiger partial charge >= 0.3 is 0 Å². The third-order valence-electron chi connectivity index (χ3n) is 3.99. The Labute approximate surface area is 129 Å². The van der Waals surface area contributed by atoms with Gasteiger partial charge in [0.15, 0.2) is 0 Å². The molecule has 0 radical (unpaired) electrons. The molecule has 4 heteroatoms. The van der Waals surface area contributed by atoms with Crippen LogP contribution >= 0.6 is 27.5 Å². The third kappa shape index (κ3) is 3.09. The summed E-state index contributed by atoms with van der Waals surface area (Å²) >= 11 is 9.74. The molecule has 106 valence electrons. The second-order valence-corrected chi connectivity index (χ2v) is 7.14. The van der Waals surface area contributed by atoms with Gasteiger partial charge in [-0.05, 0) is 52.4 Å². The van der Waals surface area contributed by atoms with Crippen LogP contribution in [0, 0.1) is 11.3 Å². The predicted molar refractivity (Wildman–Crippen MR) is 84.0 cm³/mol. The Balaban J connectivity index is 2.41. The fraction of sp³-hybridized carbons (Fsp3) is 0.600. The van der Waals surface area contributed by atoms with Gasteiger partial charge in [-0.3, -0.25) is 0 Å². The molecule has 2 unspecified atom stereocenters. The molecule has 0 amide bonds. The Kier molecular flexibility index (Phi) is 4.49. The van der Waals surface area contributed by atoms with E-state index in [1.165, 1.54) is 6.42 Å². The minimum Gasteiger partial charge on any atom is -0.495 e. The minimum atomic E-state index is 0.296. The number of benzene rings is 1. The van der Waals surface area contributed by atoms with Crippen LogP contribution in [0.5, 0.6) is 5.75 Å². The van der Waals surface area contributed by atoms with E-state index in [9.17, 15) is 0 Å². The number of halogens is 2. The van der Waals surface area contributed by atoms with Crippen LogP contribution in [0.3, 0.4) is 0 Å². The van der Waals surface area contributed by atoms with Crippen LogP contribution in [-0.2, 0) is 0 Å². The lowest BCUT2D eigenvalue weighted by Crippen LogP contribution is -2.25. The lowest BCUT2D eigenvalue weighted by atomic mass is 9.96. The number of ether oxygens (including phenoxy) is 1. The zero-order chi connectivity index (χ0) is 14.2. The number of nitrogens with one attached hydrogen (secondary N) is 1. The molecule has 0 aromatic heterocycles. The summed E-state index contributed by atoms with van der Waals surface area (Å²) in [6.07, 6.45) is 1.23. The number of hydrogen-bond acceptors (Lipinski definition) is 2. The Morgan fingerprint density at radius 1 is 1.53 bits per heavy atom. The molecule has 1 N–H and O–H groups in total. The molecule has 0 spiro atoms. The number of methoxy groups -OCH3 is 1. The lowest BCUT2D eigenvalue weighted by molar-refractivity contribution is 0.376. The molecule has 0 bridgehead atoms. The maximum Gasteiger partial charge on any atom is 0.137 e. The van der Waals surface area contributed by atoms with E-state index in [4.69, 9.17) is 16.3 Å². The van der Waals surface area contributed by atoms with Gasteiger partial charge in [-0.25, -0.2) is 0 Å². The normalized spacial score (nSPS) is 22.1. The molecule has 1 aliphatic rings. The maximum absolute atomic E-state index is 6.21. The first-order chi connectivity index (χ1) is 8.90. The zero-order valence-corrected chi connectivity index (χ0v) is 14.2. The fourth-order valence-electron chi connectivity index (χ4n) is 2.79. The highest BCUT2D eigenvalue weighted by atomic mass is 79.9. The van der Waals surface area contributed by atoms with Crippen LogP contribution < -0.4 is 10.1 Å². The molecular weight excluding hydrogens is 326 g/mol. The molecule has 0 aliphatic heterocycles. The number of rotatable bonds is 5. The van der Waals surface area contributed by atoms with Crippen molar-refractivity contribution in [3.8, 4) is 5.75 Å². The van der Waals surface area contributed by atoms with E-state index in [1.807, 2.05) is 12.1 Å². The highest BCUT2D eigenvalue weighted by Crippen LogP contribution is 2.59. The van der Waals surface area contributed by atoms with Crippen molar-refractivity contribution in [3.63, 3.8) is 0 Å². The maximum atomic E-state index is 6.21. The summed E-state index contributed by atoms with van der Waals surface area (Å²) < 4.78 is 6.47. The quantitative estimate of drug-likeness (QED) is 0.826. The van der Waals surface area contributed by atoms with E-state index in [-0.39, 0.29) is 0 Å². The van der Waals surface area contributed by atoms with E-state index in [1.54, 1.807) is 7.11 Å². The van der Waals surface area contributed by atoms with Crippen molar-refractivity contribution in [1.82, 2.24) is 5.32 Å². The van der Waals surface area contributed by atoms with E-state index >= 15 is 0 Å². The van der Waals surface area contributed by atoms with E-state index in [0.29, 0.717) is 17.4 Å². The zero-order valence-electron chi connectivity index (χ0n) is 11.9. The Morgan fingerprint density at radius 3 is 2.63 bits per heavy atom. The second kappa shape index (κ2) is 5.63. The first kappa shape index (κ1) is 15.1. The fourth-order valence-corrected chi connectivity index (χ4v) is 3.79. The molecule has 2 rings (SSSR count). The molecule has 0 heterocycles. The number of hydrogen-bond donors (Lipinski definition) is 1. The smallest absolute Gasteiger partial charge is 0.137 e. The average Bonchev–Trinajstić information content (AvgIpc) is 2.94. The van der Waals surface area contributed by atoms with Crippen LogP contribution in [0.25, 0.3) is 0 Å². The Bertz CT molecular complexity index is 475. The van der Waals surface area contributed by atoms with Crippen LogP contribution in [-0.4, -0.2) is 13.7 Å². The monoisotopic (exact) mass is 345 g/mol. The van der Waals surface area contributed by atoms with Gasteiger partial charge in [0.25, 0.3) is 0 Å². The van der Waals surface area contributed by atoms with Gasteiger partial charge in [-0.15, -0.1) is 0 Å². The molecule has 2 atom stereocenters. The van der Waals surface area contributed by atoms with Gasteiger partial charge in [0, 0.05) is 16.6 Å². The van der Waals surface area contributed by atoms with Crippen molar-refractivity contribution < 1.29 is 4.74 Å². The van der Waals surface area contributed by atoms with Crippen molar-refractivity contribution in [2.75, 3.05) is 13.7 Å². The van der Waals surface area contributed by atoms with Gasteiger partial charge in [-0.2, -0.15) is 0 Å². The minimum absolute atomic E-state index is 0.296. The van der Waals surface area contributed by atoms with E-state index < -0.39 is 0 Å². The molecule has 2 nitrogen and oxygen atoms in total. The largest absolute Gasteiger partial charge is 0.495 e. The van der Waals surface area contributed by atoms with Gasteiger partial charge < -0.3 is 10.1 Å². The molecule has 19 heavy (non-hydrogen) atoms. The van der Waals surface area contributed by atoms with Crippen LogP contribution in [0.2, 0.25) is 5.02 Å². The van der Waals surface area contributed by atoms with E-state index in [2.05, 4.69) is 42.0 Å². The molecule has 1 aromatic carbocycles. The summed E-state index contributed by atoms with van der Waals surface area (Å²) in [6.45, 7) is 7.70. The second-order valence-electron chi connectivity index (χ2n) is 5.84. The summed E-state index contributed by atoms with van der Waals surface area (Å²) in [6, 6.07) is 4.20. The van der Waals surface area contributed by atoms with E-state index in [0.717, 1.165) is 27.4 Å². The molecule has 1 saturated carbocycles. The average molecular weight is 347 g/mol. The standard InChI is InChI=1S/C15H21BrClNO/c1-5-18-13(11-8-15(11,2)3)10-6-9(17)7-12(16)14(10)19-4/h6-7,11,13,18H,5,8H2,1-4H3. The summed E-state index contributed by atoms with van der Waals surface area (Å²) in [7, 11) is 1.71. The molecule has 0 saturated heterocycles. The van der Waals surface area contributed by atoms with Crippen molar-refractivity contribution in [2.45, 2.75) is 33.2 Å². The van der Waals surface area contributed by atoms with Crippen molar-refractivity contribution in [2.24, 2.45) is 11.3 Å². The molecule has 1 aromatic rings. The van der Waals surface area contributed by atoms with Crippen molar-refractivity contribution >= 4 is 27.5 Å². The van der Waals surface area contributed by atoms with Crippen LogP contribution in [0.4, 0.5) is 0 Å². The lowest BCUT2D eigenvalue weighted by Gasteiger charge is -2.23. The van der Waals surface area contributed by atoms with Crippen LogP contribution in [0.1, 0.15) is 38.8 Å². The Hall–Kier alpha value is -0.250. The first-order valence-electron chi connectivity index (χ1n) is 6.67. The third-order valence-corrected chi connectivity index (χ3v) is 4.80. The van der Waals surface area contributed by atoms with Gasteiger partial charge in [0.2, 0.25) is 0 Å². The Morgan fingerprint density at radius 2 is 2.16 bits per heavy atom. The van der Waals surface area contributed by atoms with Gasteiger partial charge in [0.1, 0.15) is 5.75 Å². The summed E-state index contributed by atoms with van der Waals surface area (Å²) in [5, 5.41) is 4.33. The predicted octanol–water partition coefficient (Wildman–Crippen LogP) is 4.81. The van der Waals surface area contributed by atoms with Gasteiger partial charge in [0.05, 0.1) is 11.6 Å². The van der Waals surface area contributed by atoms with Crippen LogP contribution in [0.15, 0.2) is 16.6 Å². The van der Waals surface area contributed by atoms with Crippen molar-refractivity contribution in [1.29, 1.82) is 0 Å². The highest BCUT2D eigenvalue weighted by Gasteiger charge is 2.50. The SMILES string of the molecule is CCNC(c1cc(Cl)cc(Br)c1OC)C1CC1(C)C. The van der Waals surface area contributed by atoms with Gasteiger partial charge in [-0.1, -0.05) is 32.4 Å². The molecule has 1 fully saturated rings. The molecule has 1 aliphatic carbocycles.